The third-order valence-corrected chi connectivity index (χ3v) is 6.04. The van der Waals surface area contributed by atoms with Crippen molar-refractivity contribution in [2.45, 2.75) is 49.4 Å². The normalized spacial score (nSPS) is 20.6. The monoisotopic (exact) mass is 430 g/mol. The van der Waals surface area contributed by atoms with Gasteiger partial charge in [0.25, 0.3) is 5.60 Å². The maximum atomic E-state index is 12.9. The largest absolute Gasteiger partial charge is 0.479 e. The molecule has 2 unspecified atom stereocenters. The van der Waals surface area contributed by atoms with Gasteiger partial charge in [0.05, 0.1) is 6.61 Å². The lowest BCUT2D eigenvalue weighted by atomic mass is 9.91. The van der Waals surface area contributed by atoms with Crippen molar-refractivity contribution >= 4 is 45.2 Å². The second-order valence-corrected chi connectivity index (χ2v) is 8.37. The van der Waals surface area contributed by atoms with Crippen LogP contribution in [0.25, 0.3) is 0 Å². The molecule has 1 saturated heterocycles. The summed E-state index contributed by atoms with van der Waals surface area (Å²) >= 11 is 6.27. The molecule has 1 heterocycles. The summed E-state index contributed by atoms with van der Waals surface area (Å²) in [5, 5.41) is 7.74. The average molecular weight is 430 g/mol. The van der Waals surface area contributed by atoms with Crippen LogP contribution >= 0.6 is 35.7 Å². The summed E-state index contributed by atoms with van der Waals surface area (Å²) in [6, 6.07) is 0. The van der Waals surface area contributed by atoms with Crippen LogP contribution in [0.4, 0.5) is 26.3 Å². The summed E-state index contributed by atoms with van der Waals surface area (Å²) in [7, 11) is 0. The van der Waals surface area contributed by atoms with Crippen LogP contribution in [0, 0.1) is 5.92 Å². The van der Waals surface area contributed by atoms with Crippen LogP contribution in [-0.2, 0) is 9.53 Å². The van der Waals surface area contributed by atoms with E-state index in [1.165, 1.54) is 0 Å². The van der Waals surface area contributed by atoms with Crippen LogP contribution < -0.4 is 0 Å². The highest BCUT2D eigenvalue weighted by atomic mass is 32.2. The number of hydrogen-bond acceptors (Lipinski definition) is 6. The standard InChI is InChI=1S/C13H16F6O3S3/c1-2-22-10(23)25-8(5-7-3-4-24-9(7)20)6-11(21,12(14,15)16)13(17,18)19/h7-8,21H,2-6H2,1H3. The van der Waals surface area contributed by atoms with Crippen molar-refractivity contribution in [3.05, 3.63) is 0 Å². The van der Waals surface area contributed by atoms with Crippen molar-refractivity contribution in [3.8, 4) is 0 Å². The van der Waals surface area contributed by atoms with Gasteiger partial charge >= 0.3 is 12.4 Å². The molecule has 1 aliphatic heterocycles. The molecule has 0 saturated carbocycles. The lowest BCUT2D eigenvalue weighted by Gasteiger charge is -2.35. The molecule has 0 amide bonds. The number of alkyl halides is 6. The van der Waals surface area contributed by atoms with Gasteiger partial charge in [-0.1, -0.05) is 23.5 Å². The Morgan fingerprint density at radius 1 is 1.36 bits per heavy atom. The van der Waals surface area contributed by atoms with E-state index in [0.717, 1.165) is 11.8 Å². The number of aliphatic hydroxyl groups is 1. The van der Waals surface area contributed by atoms with Gasteiger partial charge in [0.15, 0.2) is 5.12 Å². The maximum absolute atomic E-state index is 12.9. The van der Waals surface area contributed by atoms with Gasteiger partial charge < -0.3 is 9.84 Å². The van der Waals surface area contributed by atoms with Gasteiger partial charge in [-0.05, 0) is 32.0 Å². The lowest BCUT2D eigenvalue weighted by Crippen LogP contribution is -2.58. The van der Waals surface area contributed by atoms with Crippen LogP contribution in [0.2, 0.25) is 0 Å². The molecule has 2 atom stereocenters. The minimum absolute atomic E-state index is 0.0968. The fourth-order valence-electron chi connectivity index (χ4n) is 2.25. The van der Waals surface area contributed by atoms with E-state index in [9.17, 15) is 36.2 Å². The average Bonchev–Trinajstić information content (AvgIpc) is 2.81. The summed E-state index contributed by atoms with van der Waals surface area (Å²) in [5.74, 6) is -0.211. The van der Waals surface area contributed by atoms with Gasteiger partial charge in [-0.2, -0.15) is 26.3 Å². The molecule has 1 N–H and O–H groups in total. The Hall–Kier alpha value is -0.200. The zero-order chi connectivity index (χ0) is 19.5. The van der Waals surface area contributed by atoms with E-state index in [1.807, 2.05) is 0 Å². The Balaban J connectivity index is 3.03. The molecule has 12 heteroatoms. The van der Waals surface area contributed by atoms with Gasteiger partial charge in [0.2, 0.25) is 4.38 Å². The van der Waals surface area contributed by atoms with Crippen molar-refractivity contribution in [2.75, 3.05) is 12.4 Å². The first kappa shape index (κ1) is 22.8. The highest BCUT2D eigenvalue weighted by molar-refractivity contribution is 8.23. The molecule has 1 aliphatic rings. The Bertz CT molecular complexity index is 480. The van der Waals surface area contributed by atoms with E-state index < -0.39 is 35.5 Å². The van der Waals surface area contributed by atoms with Gasteiger partial charge in [0.1, 0.15) is 0 Å². The predicted molar refractivity (Wildman–Crippen MR) is 87.5 cm³/mol. The molecule has 25 heavy (non-hydrogen) atoms. The fourth-order valence-corrected chi connectivity index (χ4v) is 4.94. The molecule has 1 rings (SSSR count). The highest BCUT2D eigenvalue weighted by Crippen LogP contribution is 2.48. The Kier molecular flexibility index (Phi) is 7.91. The zero-order valence-electron chi connectivity index (χ0n) is 12.9. The first-order valence-corrected chi connectivity index (χ1v) is 9.45. The third-order valence-electron chi connectivity index (χ3n) is 3.58. The number of thiocarbonyl (C=S) groups is 1. The molecule has 3 nitrogen and oxygen atoms in total. The lowest BCUT2D eigenvalue weighted by molar-refractivity contribution is -0.369. The number of rotatable bonds is 6. The summed E-state index contributed by atoms with van der Waals surface area (Å²) in [6.07, 6.45) is -13.4. The van der Waals surface area contributed by atoms with E-state index in [4.69, 9.17) is 17.0 Å². The number of carbonyl (C=O) groups excluding carboxylic acids is 1. The zero-order valence-corrected chi connectivity index (χ0v) is 15.4. The topological polar surface area (TPSA) is 46.5 Å². The van der Waals surface area contributed by atoms with Gasteiger partial charge in [-0.25, -0.2) is 0 Å². The van der Waals surface area contributed by atoms with E-state index >= 15 is 0 Å². The van der Waals surface area contributed by atoms with Crippen molar-refractivity contribution in [1.82, 2.24) is 0 Å². The molecule has 0 spiro atoms. The number of halogens is 6. The van der Waals surface area contributed by atoms with Gasteiger partial charge in [0, 0.05) is 23.3 Å². The summed E-state index contributed by atoms with van der Waals surface area (Å²) < 4.78 is 82.2. The van der Waals surface area contributed by atoms with E-state index in [0.29, 0.717) is 23.9 Å². The van der Waals surface area contributed by atoms with Crippen molar-refractivity contribution < 1.29 is 41.0 Å². The Morgan fingerprint density at radius 3 is 2.32 bits per heavy atom. The van der Waals surface area contributed by atoms with Gasteiger partial charge in [-0.3, -0.25) is 4.79 Å². The molecule has 146 valence electrons. The van der Waals surface area contributed by atoms with Crippen molar-refractivity contribution in [3.63, 3.8) is 0 Å². The molecule has 0 radical (unpaired) electrons. The number of hydrogen-bond donors (Lipinski definition) is 1. The molecule has 0 bridgehead atoms. The third kappa shape index (κ3) is 5.90. The maximum Gasteiger partial charge on any atom is 0.426 e. The summed E-state index contributed by atoms with van der Waals surface area (Å²) in [5.41, 5.74) is -4.88. The van der Waals surface area contributed by atoms with Crippen LogP contribution in [0.15, 0.2) is 0 Å². The minimum Gasteiger partial charge on any atom is -0.479 e. The molecule has 1 fully saturated rings. The van der Waals surface area contributed by atoms with Crippen molar-refractivity contribution in [1.29, 1.82) is 0 Å². The van der Waals surface area contributed by atoms with Crippen molar-refractivity contribution in [2.24, 2.45) is 5.92 Å². The summed E-state index contributed by atoms with van der Waals surface area (Å²) in [6.45, 7) is 1.65. The Morgan fingerprint density at radius 2 is 1.92 bits per heavy atom. The smallest absolute Gasteiger partial charge is 0.426 e. The summed E-state index contributed by atoms with van der Waals surface area (Å²) in [4.78, 5) is 11.7. The minimum atomic E-state index is -5.91. The number of carbonyl (C=O) groups is 1. The fraction of sp³-hybridized carbons (Fsp3) is 0.846. The quantitative estimate of drug-likeness (QED) is 0.500. The van der Waals surface area contributed by atoms with E-state index in [2.05, 4.69) is 0 Å². The molecule has 0 aliphatic carbocycles. The number of thioether (sulfide) groups is 2. The van der Waals surface area contributed by atoms with E-state index in [1.54, 1.807) is 6.92 Å². The Labute approximate surface area is 154 Å². The molecular weight excluding hydrogens is 414 g/mol. The van der Waals surface area contributed by atoms with Crippen LogP contribution in [0.1, 0.15) is 26.2 Å². The number of ether oxygens (including phenoxy) is 1. The highest BCUT2D eigenvalue weighted by Gasteiger charge is 2.70. The SMILES string of the molecule is CCOC(=S)SC(CC1CCSC1=O)CC(O)(C(F)(F)F)C(F)(F)F. The second-order valence-electron chi connectivity index (χ2n) is 5.37. The molecule has 0 aromatic rings. The molecular formula is C13H16F6O3S3. The first-order valence-electron chi connectivity index (χ1n) is 7.17. The van der Waals surface area contributed by atoms with Crippen LogP contribution in [0.3, 0.4) is 0 Å². The first-order chi connectivity index (χ1) is 11.3. The van der Waals surface area contributed by atoms with Crippen LogP contribution in [0.5, 0.6) is 0 Å². The van der Waals surface area contributed by atoms with E-state index in [-0.39, 0.29) is 22.5 Å². The second kappa shape index (κ2) is 8.66. The molecule has 0 aromatic carbocycles. The van der Waals surface area contributed by atoms with Gasteiger partial charge in [-0.15, -0.1) is 0 Å². The predicted octanol–water partition coefficient (Wildman–Crippen LogP) is 4.33. The molecule has 0 aromatic heterocycles. The van der Waals surface area contributed by atoms with Crippen LogP contribution in [-0.4, -0.2) is 50.2 Å².